The van der Waals surface area contributed by atoms with Crippen LogP contribution >= 0.6 is 0 Å². The van der Waals surface area contributed by atoms with E-state index in [1.54, 1.807) is 0 Å². The maximum atomic E-state index is 12.8. The second-order valence-electron chi connectivity index (χ2n) is 9.72. The Hall–Kier alpha value is -3.66. The van der Waals surface area contributed by atoms with Crippen molar-refractivity contribution in [2.24, 2.45) is 5.73 Å². The van der Waals surface area contributed by atoms with E-state index in [9.17, 15) is 8.78 Å². The van der Waals surface area contributed by atoms with Crippen molar-refractivity contribution in [3.8, 4) is 11.8 Å². The zero-order valence-electron chi connectivity index (χ0n) is 21.9. The van der Waals surface area contributed by atoms with Crippen molar-refractivity contribution in [3.05, 3.63) is 96.0 Å². The van der Waals surface area contributed by atoms with Crippen LogP contribution in [0.1, 0.15) is 55.1 Å². The van der Waals surface area contributed by atoms with E-state index in [1.807, 2.05) is 37.3 Å². The molecule has 1 aliphatic carbocycles. The van der Waals surface area contributed by atoms with E-state index in [4.69, 9.17) is 5.73 Å². The van der Waals surface area contributed by atoms with E-state index in [0.29, 0.717) is 29.9 Å². The highest BCUT2D eigenvalue weighted by Crippen LogP contribution is 2.54. The average molecular weight is 506 g/mol. The molecule has 196 valence electrons. The lowest BCUT2D eigenvalue weighted by molar-refractivity contribution is 0.149. The summed E-state index contributed by atoms with van der Waals surface area (Å²) in [6.45, 7) is 18.0. The summed E-state index contributed by atoms with van der Waals surface area (Å²) < 4.78 is 25.5. The second kappa shape index (κ2) is 12.5. The van der Waals surface area contributed by atoms with Gasteiger partial charge >= 0.3 is 0 Å². The second-order valence-corrected chi connectivity index (χ2v) is 9.72. The third-order valence-electron chi connectivity index (χ3n) is 6.48. The van der Waals surface area contributed by atoms with Crippen LogP contribution in [0.25, 0.3) is 0 Å². The molecule has 2 aromatic rings. The summed E-state index contributed by atoms with van der Waals surface area (Å²) in [5.41, 5.74) is 11.4. The lowest BCUT2D eigenvalue weighted by atomic mass is 9.90. The lowest BCUT2D eigenvalue weighted by Gasteiger charge is -2.33. The lowest BCUT2D eigenvalue weighted by Crippen LogP contribution is -2.37. The Morgan fingerprint density at radius 1 is 1.19 bits per heavy atom. The maximum Gasteiger partial charge on any atom is 0.242 e. The first kappa shape index (κ1) is 27.9. The number of aryl methyl sites for hydroxylation is 1. The average Bonchev–Trinajstić information content (AvgIpc) is 3.64. The van der Waals surface area contributed by atoms with Crippen molar-refractivity contribution in [1.82, 2.24) is 20.2 Å². The van der Waals surface area contributed by atoms with Crippen molar-refractivity contribution in [3.63, 3.8) is 0 Å². The summed E-state index contributed by atoms with van der Waals surface area (Å²) >= 11 is 0. The highest BCUT2D eigenvalue weighted by atomic mass is 19.3. The number of nitrogens with one attached hydrogen (secondary N) is 1. The fraction of sp³-hybridized carbons (Fsp3) is 0.400. The summed E-state index contributed by atoms with van der Waals surface area (Å²) in [4.78, 5) is 10.6. The standard InChI is InChI=1S/C30H37F2N5/c1-6-15-37(24(5)30(13-14-30)26-9-7-25(8-10-26)18-29(31)32)19-23(4)36-28(16-21(2)33)12-11-27-17-22(3)34-20-35-27/h7-10,17,20,28-29,36H,2,4-6,13-16,18-19,33H2,1,3H3. The fourth-order valence-corrected chi connectivity index (χ4v) is 4.50. The number of halogens is 2. The van der Waals surface area contributed by atoms with Gasteiger partial charge in [0.2, 0.25) is 6.43 Å². The molecule has 1 aromatic heterocycles. The predicted molar refractivity (Wildman–Crippen MR) is 146 cm³/mol. The minimum atomic E-state index is -2.34. The smallest absolute Gasteiger partial charge is 0.242 e. The summed E-state index contributed by atoms with van der Waals surface area (Å²) in [5, 5.41) is 3.41. The fourth-order valence-electron chi connectivity index (χ4n) is 4.50. The molecule has 5 nitrogen and oxygen atoms in total. The van der Waals surface area contributed by atoms with E-state index < -0.39 is 6.43 Å². The third-order valence-corrected chi connectivity index (χ3v) is 6.48. The Morgan fingerprint density at radius 2 is 1.89 bits per heavy atom. The Balaban J connectivity index is 1.71. The van der Waals surface area contributed by atoms with Crippen LogP contribution in [0.15, 0.2) is 73.5 Å². The van der Waals surface area contributed by atoms with Gasteiger partial charge in [-0.1, -0.05) is 56.8 Å². The molecule has 3 rings (SSSR count). The van der Waals surface area contributed by atoms with Gasteiger partial charge in [0, 0.05) is 47.6 Å². The van der Waals surface area contributed by atoms with Crippen molar-refractivity contribution in [2.45, 2.75) is 63.8 Å². The van der Waals surface area contributed by atoms with Crippen molar-refractivity contribution in [1.29, 1.82) is 0 Å². The van der Waals surface area contributed by atoms with Gasteiger partial charge in [0.25, 0.3) is 0 Å². The van der Waals surface area contributed by atoms with Gasteiger partial charge in [-0.05, 0) is 49.3 Å². The minimum absolute atomic E-state index is 0.158. The molecule has 0 spiro atoms. The molecule has 1 heterocycles. The van der Waals surface area contributed by atoms with Crippen LogP contribution in [-0.2, 0) is 11.8 Å². The van der Waals surface area contributed by atoms with Crippen molar-refractivity contribution >= 4 is 0 Å². The Labute approximate surface area is 219 Å². The van der Waals surface area contributed by atoms with Crippen LogP contribution in [0.4, 0.5) is 8.78 Å². The zero-order valence-corrected chi connectivity index (χ0v) is 21.9. The molecule has 1 unspecified atom stereocenters. The molecular formula is C30H37F2N5. The van der Waals surface area contributed by atoms with E-state index in [1.165, 1.54) is 6.33 Å². The highest BCUT2D eigenvalue weighted by molar-refractivity contribution is 5.42. The molecule has 1 saturated carbocycles. The number of nitrogens with two attached hydrogens (primary N) is 1. The van der Waals surface area contributed by atoms with Crippen LogP contribution in [0.5, 0.6) is 0 Å². The first-order valence-electron chi connectivity index (χ1n) is 12.6. The number of nitrogens with zero attached hydrogens (tertiary/aromatic N) is 3. The molecule has 0 bridgehead atoms. The SMILES string of the molecule is C=C(N)CC(C#Cc1cc(C)ncn1)NC(=C)CN(CCC)C(=C)C1(c2ccc(CC(F)F)cc2)CC1. The van der Waals surface area contributed by atoms with Gasteiger partial charge in [-0.2, -0.15) is 0 Å². The Bertz CT molecular complexity index is 1170. The van der Waals surface area contributed by atoms with Crippen LogP contribution < -0.4 is 11.1 Å². The van der Waals surface area contributed by atoms with E-state index >= 15 is 0 Å². The third kappa shape index (κ3) is 7.91. The number of benzene rings is 1. The molecule has 3 N–H and O–H groups in total. The van der Waals surface area contributed by atoms with Gasteiger partial charge in [0.1, 0.15) is 12.0 Å². The molecule has 7 heteroatoms. The maximum absolute atomic E-state index is 12.8. The quantitative estimate of drug-likeness (QED) is 0.365. The van der Waals surface area contributed by atoms with Gasteiger partial charge in [-0.3, -0.25) is 0 Å². The van der Waals surface area contributed by atoms with Crippen LogP contribution in [0.2, 0.25) is 0 Å². The van der Waals surface area contributed by atoms with Crippen LogP contribution in [0.3, 0.4) is 0 Å². The number of hydrogen-bond donors (Lipinski definition) is 2. The van der Waals surface area contributed by atoms with Gasteiger partial charge in [0.15, 0.2) is 0 Å². The first-order chi connectivity index (χ1) is 17.6. The molecule has 37 heavy (non-hydrogen) atoms. The van der Waals surface area contributed by atoms with Gasteiger partial charge in [-0.15, -0.1) is 0 Å². The Kier molecular flexibility index (Phi) is 9.46. The number of allylic oxidation sites excluding steroid dienone is 1. The summed E-state index contributed by atoms with van der Waals surface area (Å²) in [5.74, 6) is 6.29. The Morgan fingerprint density at radius 3 is 2.46 bits per heavy atom. The number of alkyl halides is 2. The largest absolute Gasteiger partial charge is 0.402 e. The number of hydrogen-bond acceptors (Lipinski definition) is 5. The summed E-state index contributed by atoms with van der Waals surface area (Å²) in [6.07, 6.45) is 2.32. The molecule has 0 aliphatic heterocycles. The minimum Gasteiger partial charge on any atom is -0.402 e. The number of rotatable bonds is 13. The van der Waals surface area contributed by atoms with Crippen molar-refractivity contribution in [2.75, 3.05) is 13.1 Å². The van der Waals surface area contributed by atoms with E-state index in [-0.39, 0.29) is 17.9 Å². The molecule has 0 radical (unpaired) electrons. The molecule has 1 aromatic carbocycles. The van der Waals surface area contributed by atoms with Gasteiger partial charge in [-0.25, -0.2) is 18.7 Å². The predicted octanol–water partition coefficient (Wildman–Crippen LogP) is 5.24. The van der Waals surface area contributed by atoms with Gasteiger partial charge < -0.3 is 16.0 Å². The molecule has 0 saturated heterocycles. The molecule has 1 aliphatic rings. The number of aromatic nitrogens is 2. The van der Waals surface area contributed by atoms with E-state index in [0.717, 1.165) is 48.5 Å². The van der Waals surface area contributed by atoms with Crippen LogP contribution in [-0.4, -0.2) is 40.4 Å². The molecular weight excluding hydrogens is 468 g/mol. The summed E-state index contributed by atoms with van der Waals surface area (Å²) in [7, 11) is 0. The van der Waals surface area contributed by atoms with Gasteiger partial charge in [0.05, 0.1) is 12.6 Å². The van der Waals surface area contributed by atoms with Crippen LogP contribution in [0, 0.1) is 18.8 Å². The summed E-state index contributed by atoms with van der Waals surface area (Å²) in [6, 6.07) is 9.12. The normalized spacial score (nSPS) is 14.3. The topological polar surface area (TPSA) is 67.1 Å². The highest BCUT2D eigenvalue weighted by Gasteiger charge is 2.48. The zero-order chi connectivity index (χ0) is 27.0. The first-order valence-corrected chi connectivity index (χ1v) is 12.6. The van der Waals surface area contributed by atoms with Crippen molar-refractivity contribution < 1.29 is 8.78 Å². The van der Waals surface area contributed by atoms with E-state index in [2.05, 4.69) is 58.7 Å². The molecule has 1 atom stereocenters. The molecule has 0 amide bonds. The monoisotopic (exact) mass is 505 g/mol. The molecule has 1 fully saturated rings.